The second-order valence-corrected chi connectivity index (χ2v) is 8.68. The highest BCUT2D eigenvalue weighted by Crippen LogP contribution is 2.33. The Morgan fingerprint density at radius 1 is 1.44 bits per heavy atom. The minimum atomic E-state index is -2.83. The van der Waals surface area contributed by atoms with Crippen LogP contribution >= 0.6 is 11.8 Å². The van der Waals surface area contributed by atoms with Gasteiger partial charge >= 0.3 is 0 Å². The van der Waals surface area contributed by atoms with Gasteiger partial charge in [0.15, 0.2) is 9.84 Å². The van der Waals surface area contributed by atoms with E-state index < -0.39 is 9.84 Å². The summed E-state index contributed by atoms with van der Waals surface area (Å²) in [7, 11) is -2.83. The average Bonchev–Trinajstić information content (AvgIpc) is 2.20. The second kappa shape index (κ2) is 5.74. The number of sulfone groups is 1. The lowest BCUT2D eigenvalue weighted by atomic mass is 9.82. The third-order valence-corrected chi connectivity index (χ3v) is 6.13. The zero-order chi connectivity index (χ0) is 12.2. The van der Waals surface area contributed by atoms with Gasteiger partial charge in [-0.15, -0.1) is 0 Å². The van der Waals surface area contributed by atoms with E-state index in [0.717, 1.165) is 5.75 Å². The molecule has 0 aromatic rings. The summed E-state index contributed by atoms with van der Waals surface area (Å²) in [5.41, 5.74) is 0.293. The Balaban J connectivity index is 2.37. The van der Waals surface area contributed by atoms with E-state index in [4.69, 9.17) is 0 Å². The molecule has 3 nitrogen and oxygen atoms in total. The summed E-state index contributed by atoms with van der Waals surface area (Å²) in [4.78, 5) is 0. The molecule has 96 valence electrons. The molecule has 1 rings (SSSR count). The molecular formula is C11H23NO2S2. The van der Waals surface area contributed by atoms with E-state index >= 15 is 0 Å². The number of nitrogens with one attached hydrogen (secondary N) is 1. The van der Waals surface area contributed by atoms with Gasteiger partial charge in [-0.1, -0.05) is 20.8 Å². The second-order valence-electron chi connectivity index (χ2n) is 5.06. The lowest BCUT2D eigenvalue weighted by Gasteiger charge is -2.38. The van der Waals surface area contributed by atoms with Crippen molar-refractivity contribution < 1.29 is 8.42 Å². The van der Waals surface area contributed by atoms with Crippen LogP contribution in [0, 0.1) is 5.41 Å². The monoisotopic (exact) mass is 265 g/mol. The molecule has 0 aromatic carbocycles. The molecule has 1 unspecified atom stereocenters. The van der Waals surface area contributed by atoms with E-state index in [1.165, 1.54) is 12.2 Å². The predicted octanol–water partition coefficient (Wildman–Crippen LogP) is 1.54. The highest BCUT2D eigenvalue weighted by Gasteiger charge is 2.32. The Bertz CT molecular complexity index is 312. The van der Waals surface area contributed by atoms with E-state index in [-0.39, 0.29) is 11.5 Å². The maximum Gasteiger partial charge on any atom is 0.151 e. The maximum atomic E-state index is 11.4. The van der Waals surface area contributed by atoms with Crippen LogP contribution < -0.4 is 5.32 Å². The van der Waals surface area contributed by atoms with Gasteiger partial charge in [0.1, 0.15) is 0 Å². The molecule has 16 heavy (non-hydrogen) atoms. The van der Waals surface area contributed by atoms with Crippen molar-refractivity contribution in [1.82, 2.24) is 5.32 Å². The van der Waals surface area contributed by atoms with E-state index in [2.05, 4.69) is 19.2 Å². The molecule has 0 aliphatic carbocycles. The van der Waals surface area contributed by atoms with Crippen LogP contribution in [-0.4, -0.2) is 44.0 Å². The third kappa shape index (κ3) is 4.26. The van der Waals surface area contributed by atoms with Crippen molar-refractivity contribution in [3.8, 4) is 0 Å². The zero-order valence-corrected chi connectivity index (χ0v) is 12.1. The average molecular weight is 265 g/mol. The Labute approximate surface area is 104 Å². The number of rotatable bonds is 5. The first-order valence-corrected chi connectivity index (χ1v) is 8.86. The molecule has 1 atom stereocenters. The number of hydrogen-bond acceptors (Lipinski definition) is 4. The lowest BCUT2D eigenvalue weighted by Crippen LogP contribution is -2.47. The van der Waals surface area contributed by atoms with E-state index in [0.29, 0.717) is 18.0 Å². The van der Waals surface area contributed by atoms with Crippen LogP contribution in [0.2, 0.25) is 0 Å². The first-order valence-electron chi connectivity index (χ1n) is 5.89. The third-order valence-electron chi connectivity index (χ3n) is 3.36. The van der Waals surface area contributed by atoms with Gasteiger partial charge in [0.05, 0.1) is 5.75 Å². The Morgan fingerprint density at radius 2 is 2.12 bits per heavy atom. The molecule has 1 fully saturated rings. The van der Waals surface area contributed by atoms with Crippen LogP contribution in [0.1, 0.15) is 27.2 Å². The zero-order valence-electron chi connectivity index (χ0n) is 10.5. The van der Waals surface area contributed by atoms with Crippen LogP contribution in [0.25, 0.3) is 0 Å². The van der Waals surface area contributed by atoms with Crippen LogP contribution in [0.3, 0.4) is 0 Å². The predicted molar refractivity (Wildman–Crippen MR) is 71.8 cm³/mol. The van der Waals surface area contributed by atoms with Crippen molar-refractivity contribution in [1.29, 1.82) is 0 Å². The summed E-state index contributed by atoms with van der Waals surface area (Å²) in [6.45, 7) is 6.82. The minimum absolute atomic E-state index is 0.248. The molecule has 0 spiro atoms. The topological polar surface area (TPSA) is 46.2 Å². The summed E-state index contributed by atoms with van der Waals surface area (Å²) < 4.78 is 22.7. The van der Waals surface area contributed by atoms with Crippen molar-refractivity contribution in [3.63, 3.8) is 0 Å². The summed E-state index contributed by atoms with van der Waals surface area (Å²) in [5, 5.41) is 3.40. The van der Waals surface area contributed by atoms with Gasteiger partial charge in [-0.25, -0.2) is 8.42 Å². The quantitative estimate of drug-likeness (QED) is 0.819. The molecule has 1 aliphatic rings. The van der Waals surface area contributed by atoms with Crippen LogP contribution in [0.5, 0.6) is 0 Å². The number of thioether (sulfide) groups is 1. The SMILES string of the molecule is CCS(=O)(=O)CCNC1CSCCC1(C)C. The van der Waals surface area contributed by atoms with Crippen molar-refractivity contribution in [3.05, 3.63) is 0 Å². The van der Waals surface area contributed by atoms with E-state index in [1.807, 2.05) is 11.8 Å². The maximum absolute atomic E-state index is 11.4. The summed E-state index contributed by atoms with van der Waals surface area (Å²) in [6.07, 6.45) is 1.20. The summed E-state index contributed by atoms with van der Waals surface area (Å²) >= 11 is 1.96. The largest absolute Gasteiger partial charge is 0.312 e. The van der Waals surface area contributed by atoms with Gasteiger partial charge in [-0.2, -0.15) is 11.8 Å². The molecule has 1 saturated heterocycles. The van der Waals surface area contributed by atoms with Crippen LogP contribution in [-0.2, 0) is 9.84 Å². The lowest BCUT2D eigenvalue weighted by molar-refractivity contribution is 0.249. The van der Waals surface area contributed by atoms with Crippen LogP contribution in [0.15, 0.2) is 0 Å². The Hall–Kier alpha value is 0.260. The van der Waals surface area contributed by atoms with E-state index in [1.54, 1.807) is 6.92 Å². The normalized spacial score (nSPS) is 25.6. The first kappa shape index (κ1) is 14.3. The highest BCUT2D eigenvalue weighted by molar-refractivity contribution is 7.99. The standard InChI is InChI=1S/C11H23NO2S2/c1-4-16(13,14)8-6-12-10-9-15-7-5-11(10,2)3/h10,12H,4-9H2,1-3H3. The number of hydrogen-bond donors (Lipinski definition) is 1. The van der Waals surface area contributed by atoms with Gasteiger partial charge in [0.25, 0.3) is 0 Å². The molecular weight excluding hydrogens is 242 g/mol. The van der Waals surface area contributed by atoms with Crippen molar-refractivity contribution in [2.75, 3.05) is 29.6 Å². The molecule has 1 heterocycles. The van der Waals surface area contributed by atoms with Crippen molar-refractivity contribution in [2.45, 2.75) is 33.2 Å². The highest BCUT2D eigenvalue weighted by atomic mass is 32.2. The first-order chi connectivity index (χ1) is 7.37. The smallest absolute Gasteiger partial charge is 0.151 e. The summed E-state index contributed by atoms with van der Waals surface area (Å²) in [6, 6.07) is 0.443. The van der Waals surface area contributed by atoms with Gasteiger partial charge < -0.3 is 5.32 Å². The molecule has 0 radical (unpaired) electrons. The molecule has 5 heteroatoms. The molecule has 0 aromatic heterocycles. The molecule has 1 N–H and O–H groups in total. The van der Waals surface area contributed by atoms with Crippen molar-refractivity contribution >= 4 is 21.6 Å². The summed E-state index contributed by atoms with van der Waals surface area (Å²) in [5.74, 6) is 2.83. The molecule has 0 saturated carbocycles. The molecule has 1 aliphatic heterocycles. The van der Waals surface area contributed by atoms with E-state index in [9.17, 15) is 8.42 Å². The molecule has 0 bridgehead atoms. The fraction of sp³-hybridized carbons (Fsp3) is 1.00. The van der Waals surface area contributed by atoms with Gasteiger partial charge in [-0.3, -0.25) is 0 Å². The molecule has 0 amide bonds. The Kier molecular flexibility index (Phi) is 5.13. The van der Waals surface area contributed by atoms with Crippen LogP contribution in [0.4, 0.5) is 0 Å². The minimum Gasteiger partial charge on any atom is -0.312 e. The fourth-order valence-electron chi connectivity index (χ4n) is 1.80. The van der Waals surface area contributed by atoms with Crippen molar-refractivity contribution in [2.24, 2.45) is 5.41 Å². The van der Waals surface area contributed by atoms with Gasteiger partial charge in [0.2, 0.25) is 0 Å². The van der Waals surface area contributed by atoms with Gasteiger partial charge in [-0.05, 0) is 17.6 Å². The van der Waals surface area contributed by atoms with Gasteiger partial charge in [0, 0.05) is 24.1 Å². The Morgan fingerprint density at radius 3 is 2.69 bits per heavy atom. The fourth-order valence-corrected chi connectivity index (χ4v) is 4.16.